The van der Waals surface area contributed by atoms with Crippen molar-refractivity contribution < 1.29 is 13.9 Å². The van der Waals surface area contributed by atoms with Gasteiger partial charge in [-0.25, -0.2) is 4.39 Å². The predicted molar refractivity (Wildman–Crippen MR) is 76.9 cm³/mol. The highest BCUT2D eigenvalue weighted by molar-refractivity contribution is 5.45. The van der Waals surface area contributed by atoms with Crippen LogP contribution in [-0.2, 0) is 5.67 Å². The number of ether oxygens (including phenoxy) is 2. The van der Waals surface area contributed by atoms with Gasteiger partial charge in [0.15, 0.2) is 5.67 Å². The second-order valence-electron chi connectivity index (χ2n) is 4.47. The van der Waals surface area contributed by atoms with Crippen LogP contribution in [0.4, 0.5) is 4.39 Å². The Kier molecular flexibility index (Phi) is 4.25. The fourth-order valence-electron chi connectivity index (χ4n) is 2.14. The largest absolute Gasteiger partial charge is 0.497 e. The lowest BCUT2D eigenvalue weighted by molar-refractivity contribution is 0.231. The lowest BCUT2D eigenvalue weighted by Crippen LogP contribution is -2.31. The zero-order valence-corrected chi connectivity index (χ0v) is 11.6. The van der Waals surface area contributed by atoms with E-state index < -0.39 is 5.67 Å². The number of nitrogens with two attached hydrogens (primary N) is 1. The fraction of sp³-hybridized carbons (Fsp3) is 0.250. The van der Waals surface area contributed by atoms with Gasteiger partial charge in [-0.3, -0.25) is 0 Å². The Morgan fingerprint density at radius 2 is 1.50 bits per heavy atom. The molecule has 2 N–H and O–H groups in total. The molecule has 106 valence electrons. The first kappa shape index (κ1) is 14.3. The number of halogens is 1. The molecule has 0 spiro atoms. The number of hydrogen-bond acceptors (Lipinski definition) is 3. The highest BCUT2D eigenvalue weighted by atomic mass is 19.1. The molecule has 0 saturated carbocycles. The minimum atomic E-state index is -1.77. The molecule has 2 rings (SSSR count). The molecule has 0 aliphatic rings. The average Bonchev–Trinajstić information content (AvgIpc) is 2.54. The van der Waals surface area contributed by atoms with E-state index in [2.05, 4.69) is 0 Å². The van der Waals surface area contributed by atoms with Gasteiger partial charge < -0.3 is 15.2 Å². The van der Waals surface area contributed by atoms with Crippen LogP contribution in [-0.4, -0.2) is 20.8 Å². The Morgan fingerprint density at radius 1 is 0.950 bits per heavy atom. The van der Waals surface area contributed by atoms with Crippen molar-refractivity contribution in [1.29, 1.82) is 0 Å². The third-order valence-electron chi connectivity index (χ3n) is 3.32. The number of rotatable bonds is 5. The van der Waals surface area contributed by atoms with E-state index in [4.69, 9.17) is 15.2 Å². The van der Waals surface area contributed by atoms with E-state index in [0.717, 1.165) is 0 Å². The number of methoxy groups -OCH3 is 2. The first-order chi connectivity index (χ1) is 9.63. The van der Waals surface area contributed by atoms with Crippen molar-refractivity contribution in [1.82, 2.24) is 0 Å². The van der Waals surface area contributed by atoms with Gasteiger partial charge in [-0.2, -0.15) is 0 Å². The average molecular weight is 275 g/mol. The maximum absolute atomic E-state index is 15.4. The van der Waals surface area contributed by atoms with Gasteiger partial charge in [-0.05, 0) is 17.7 Å². The summed E-state index contributed by atoms with van der Waals surface area (Å²) in [5.41, 5.74) is 4.85. The summed E-state index contributed by atoms with van der Waals surface area (Å²) in [5, 5.41) is 0. The summed E-state index contributed by atoms with van der Waals surface area (Å²) >= 11 is 0. The number of benzene rings is 2. The van der Waals surface area contributed by atoms with E-state index in [-0.39, 0.29) is 6.54 Å². The van der Waals surface area contributed by atoms with Gasteiger partial charge in [0.2, 0.25) is 0 Å². The van der Waals surface area contributed by atoms with Crippen molar-refractivity contribution in [3.05, 3.63) is 59.7 Å². The van der Waals surface area contributed by atoms with Crippen molar-refractivity contribution in [2.45, 2.75) is 5.67 Å². The molecule has 4 heteroatoms. The molecule has 0 bridgehead atoms. The topological polar surface area (TPSA) is 44.5 Å². The van der Waals surface area contributed by atoms with E-state index in [0.29, 0.717) is 22.6 Å². The Morgan fingerprint density at radius 3 is 1.95 bits per heavy atom. The quantitative estimate of drug-likeness (QED) is 0.912. The van der Waals surface area contributed by atoms with E-state index in [9.17, 15) is 0 Å². The maximum atomic E-state index is 15.4. The first-order valence-corrected chi connectivity index (χ1v) is 6.32. The normalized spacial score (nSPS) is 13.6. The molecule has 0 aliphatic carbocycles. The van der Waals surface area contributed by atoms with Gasteiger partial charge >= 0.3 is 0 Å². The zero-order chi connectivity index (χ0) is 14.6. The van der Waals surface area contributed by atoms with Crippen LogP contribution in [0.5, 0.6) is 11.5 Å². The Bertz CT molecular complexity index is 552. The molecule has 0 fully saturated rings. The van der Waals surface area contributed by atoms with Crippen molar-refractivity contribution >= 4 is 0 Å². The van der Waals surface area contributed by atoms with Gasteiger partial charge in [0.1, 0.15) is 11.5 Å². The molecule has 0 saturated heterocycles. The predicted octanol–water partition coefficient (Wildman–Crippen LogP) is 2.88. The smallest absolute Gasteiger partial charge is 0.173 e. The van der Waals surface area contributed by atoms with Crippen LogP contribution in [0.15, 0.2) is 48.5 Å². The molecule has 2 aromatic rings. The van der Waals surface area contributed by atoms with Crippen LogP contribution in [0.25, 0.3) is 0 Å². The Hall–Kier alpha value is -2.07. The first-order valence-electron chi connectivity index (χ1n) is 6.32. The minimum absolute atomic E-state index is 0.159. The van der Waals surface area contributed by atoms with E-state index >= 15 is 4.39 Å². The third-order valence-corrected chi connectivity index (χ3v) is 3.32. The van der Waals surface area contributed by atoms with E-state index in [1.165, 1.54) is 14.2 Å². The summed E-state index contributed by atoms with van der Waals surface area (Å²) in [6, 6.07) is 13.8. The lowest BCUT2D eigenvalue weighted by Gasteiger charge is -2.25. The molecule has 0 amide bonds. The standard InChI is InChI=1S/C16H18FNO2/c1-19-14-8-13(9-15(10-14)20-2)16(17,11-18)12-6-4-3-5-7-12/h3-10H,11,18H2,1-2H3. The summed E-state index contributed by atoms with van der Waals surface area (Å²) in [7, 11) is 3.06. The van der Waals surface area contributed by atoms with Crippen LogP contribution in [0.2, 0.25) is 0 Å². The molecule has 0 aromatic heterocycles. The van der Waals surface area contributed by atoms with Crippen molar-refractivity contribution in [3.8, 4) is 11.5 Å². The highest BCUT2D eigenvalue weighted by Crippen LogP contribution is 2.37. The van der Waals surface area contributed by atoms with Gasteiger partial charge in [0.25, 0.3) is 0 Å². The second-order valence-corrected chi connectivity index (χ2v) is 4.47. The van der Waals surface area contributed by atoms with Gasteiger partial charge in [-0.1, -0.05) is 30.3 Å². The highest BCUT2D eigenvalue weighted by Gasteiger charge is 2.33. The van der Waals surface area contributed by atoms with Gasteiger partial charge in [0.05, 0.1) is 14.2 Å². The third kappa shape index (κ3) is 2.60. The van der Waals surface area contributed by atoms with E-state index in [1.54, 1.807) is 42.5 Å². The van der Waals surface area contributed by atoms with Crippen molar-refractivity contribution in [2.75, 3.05) is 20.8 Å². The minimum Gasteiger partial charge on any atom is -0.497 e. The summed E-state index contributed by atoms with van der Waals surface area (Å²) in [4.78, 5) is 0. The number of alkyl halides is 1. The molecule has 3 nitrogen and oxygen atoms in total. The van der Waals surface area contributed by atoms with Crippen molar-refractivity contribution in [2.24, 2.45) is 5.73 Å². The van der Waals surface area contributed by atoms with Crippen molar-refractivity contribution in [3.63, 3.8) is 0 Å². The van der Waals surface area contributed by atoms with Crippen LogP contribution >= 0.6 is 0 Å². The zero-order valence-electron chi connectivity index (χ0n) is 11.6. The molecular formula is C16H18FNO2. The molecule has 2 aromatic carbocycles. The van der Waals surface area contributed by atoms with E-state index in [1.807, 2.05) is 6.07 Å². The summed E-state index contributed by atoms with van der Waals surface area (Å²) in [6.45, 7) is -0.159. The molecule has 0 heterocycles. The number of hydrogen-bond donors (Lipinski definition) is 1. The maximum Gasteiger partial charge on any atom is 0.173 e. The summed E-state index contributed by atoms with van der Waals surface area (Å²) in [5.74, 6) is 1.07. The molecule has 20 heavy (non-hydrogen) atoms. The molecule has 0 radical (unpaired) electrons. The van der Waals surface area contributed by atoms with Crippen LogP contribution in [0.1, 0.15) is 11.1 Å². The summed E-state index contributed by atoms with van der Waals surface area (Å²) in [6.07, 6.45) is 0. The molecule has 0 aliphatic heterocycles. The lowest BCUT2D eigenvalue weighted by atomic mass is 9.88. The summed E-state index contributed by atoms with van der Waals surface area (Å²) < 4.78 is 25.8. The second kappa shape index (κ2) is 5.92. The molecule has 1 unspecified atom stereocenters. The molecular weight excluding hydrogens is 257 g/mol. The Balaban J connectivity index is 2.56. The fourth-order valence-corrected chi connectivity index (χ4v) is 2.14. The Labute approximate surface area is 118 Å². The molecule has 1 atom stereocenters. The van der Waals surface area contributed by atoms with Crippen LogP contribution in [0.3, 0.4) is 0 Å². The SMILES string of the molecule is COc1cc(OC)cc(C(F)(CN)c2ccccc2)c1. The van der Waals surface area contributed by atoms with Crippen LogP contribution < -0.4 is 15.2 Å². The van der Waals surface area contributed by atoms with Crippen LogP contribution in [0, 0.1) is 0 Å². The van der Waals surface area contributed by atoms with Gasteiger partial charge in [-0.15, -0.1) is 0 Å². The van der Waals surface area contributed by atoms with Gasteiger partial charge in [0, 0.05) is 18.2 Å². The monoisotopic (exact) mass is 275 g/mol.